The quantitative estimate of drug-likeness (QED) is 0.293. The van der Waals surface area contributed by atoms with E-state index in [-0.39, 0.29) is 6.10 Å². The molecule has 0 aliphatic heterocycles. The summed E-state index contributed by atoms with van der Waals surface area (Å²) in [7, 11) is -1.77. The van der Waals surface area contributed by atoms with E-state index in [9.17, 15) is 0 Å². The molecule has 0 saturated heterocycles. The van der Waals surface area contributed by atoms with Gasteiger partial charge in [0.2, 0.25) is 0 Å². The lowest BCUT2D eigenvalue weighted by Gasteiger charge is -2.36. The van der Waals surface area contributed by atoms with Gasteiger partial charge in [-0.05, 0) is 40.9 Å². The monoisotopic (exact) mass is 432 g/mol. The average Bonchev–Trinajstić information content (AvgIpc) is 2.84. The van der Waals surface area contributed by atoms with Crippen LogP contribution in [0.4, 0.5) is 0 Å². The van der Waals surface area contributed by atoms with Gasteiger partial charge in [-0.1, -0.05) is 87.5 Å². The van der Waals surface area contributed by atoms with E-state index in [1.165, 1.54) is 16.7 Å². The lowest BCUT2D eigenvalue weighted by atomic mass is 10.1. The van der Waals surface area contributed by atoms with Crippen molar-refractivity contribution in [3.63, 3.8) is 0 Å². The van der Waals surface area contributed by atoms with Crippen LogP contribution in [0.2, 0.25) is 18.1 Å². The smallest absolute Gasteiger partial charge is 0.192 e. The Bertz CT molecular complexity index is 820. The van der Waals surface area contributed by atoms with Crippen molar-refractivity contribution in [3.05, 3.63) is 102 Å². The van der Waals surface area contributed by atoms with Gasteiger partial charge in [0.1, 0.15) is 0 Å². The van der Waals surface area contributed by atoms with E-state index in [1.54, 1.807) is 0 Å². The van der Waals surface area contributed by atoms with Crippen molar-refractivity contribution < 1.29 is 4.43 Å². The second-order valence-corrected chi connectivity index (χ2v) is 13.0. The first kappa shape index (κ1) is 23.4. The highest BCUT2D eigenvalue weighted by Crippen LogP contribution is 2.31. The molecule has 3 rings (SSSR count). The standard InChI is InChI=1S/C27H36N2OSi/c1-4-31(5-2,6-3)30-27(26-18-13-19-28-20-26)23-29(21-24-14-9-7-10-15-24)22-25-16-11-8-12-17-25/h7-20,27H,4-6,21-23H2,1-3H3. The van der Waals surface area contributed by atoms with Crippen molar-refractivity contribution in [2.24, 2.45) is 0 Å². The Morgan fingerprint density at radius 2 is 1.32 bits per heavy atom. The summed E-state index contributed by atoms with van der Waals surface area (Å²) in [6.07, 6.45) is 3.86. The van der Waals surface area contributed by atoms with Gasteiger partial charge in [-0.3, -0.25) is 9.88 Å². The minimum Gasteiger partial charge on any atom is -0.409 e. The normalized spacial score (nSPS) is 12.8. The van der Waals surface area contributed by atoms with Gasteiger partial charge >= 0.3 is 0 Å². The van der Waals surface area contributed by atoms with Crippen LogP contribution < -0.4 is 0 Å². The molecule has 2 aromatic carbocycles. The molecule has 0 aliphatic rings. The molecule has 0 bridgehead atoms. The fourth-order valence-corrected chi connectivity index (χ4v) is 7.00. The zero-order chi connectivity index (χ0) is 21.9. The molecule has 1 unspecified atom stereocenters. The van der Waals surface area contributed by atoms with Gasteiger partial charge < -0.3 is 4.43 Å². The fourth-order valence-electron chi connectivity index (χ4n) is 4.18. The zero-order valence-corrected chi connectivity index (χ0v) is 20.2. The Morgan fingerprint density at radius 3 is 1.77 bits per heavy atom. The molecular formula is C27H36N2OSi. The first-order valence-corrected chi connectivity index (χ1v) is 14.1. The minimum absolute atomic E-state index is 0.0349. The van der Waals surface area contributed by atoms with Crippen molar-refractivity contribution in [2.75, 3.05) is 6.54 Å². The van der Waals surface area contributed by atoms with Crippen molar-refractivity contribution in [1.29, 1.82) is 0 Å². The van der Waals surface area contributed by atoms with Crippen LogP contribution in [-0.2, 0) is 17.5 Å². The zero-order valence-electron chi connectivity index (χ0n) is 19.2. The summed E-state index contributed by atoms with van der Waals surface area (Å²) in [5.74, 6) is 0. The second kappa shape index (κ2) is 11.9. The molecule has 31 heavy (non-hydrogen) atoms. The number of aromatic nitrogens is 1. The third-order valence-electron chi connectivity index (χ3n) is 6.30. The molecule has 1 atom stereocenters. The van der Waals surface area contributed by atoms with Crippen LogP contribution in [0, 0.1) is 0 Å². The molecule has 0 aliphatic carbocycles. The number of benzene rings is 2. The van der Waals surface area contributed by atoms with Gasteiger partial charge in [0.25, 0.3) is 0 Å². The van der Waals surface area contributed by atoms with Crippen LogP contribution in [0.5, 0.6) is 0 Å². The number of hydrogen-bond donors (Lipinski definition) is 0. The molecule has 0 fully saturated rings. The van der Waals surface area contributed by atoms with Crippen LogP contribution >= 0.6 is 0 Å². The number of rotatable bonds is 12. The Morgan fingerprint density at radius 1 is 0.774 bits per heavy atom. The molecule has 164 valence electrons. The van der Waals surface area contributed by atoms with Gasteiger partial charge in [0.15, 0.2) is 8.32 Å². The Labute approximate surface area is 189 Å². The van der Waals surface area contributed by atoms with E-state index < -0.39 is 8.32 Å². The molecule has 1 heterocycles. The highest BCUT2D eigenvalue weighted by atomic mass is 28.4. The SMILES string of the molecule is CC[Si](CC)(CC)OC(CN(Cc1ccccc1)Cc1ccccc1)c1cccnc1. The molecule has 0 N–H and O–H groups in total. The first-order valence-electron chi connectivity index (χ1n) is 11.6. The van der Waals surface area contributed by atoms with Crippen molar-refractivity contribution in [2.45, 2.75) is 58.1 Å². The van der Waals surface area contributed by atoms with Crippen molar-refractivity contribution in [3.8, 4) is 0 Å². The minimum atomic E-state index is -1.77. The van der Waals surface area contributed by atoms with Crippen molar-refractivity contribution >= 4 is 8.32 Å². The molecule has 0 radical (unpaired) electrons. The van der Waals surface area contributed by atoms with E-state index in [2.05, 4.69) is 97.4 Å². The van der Waals surface area contributed by atoms with Crippen LogP contribution in [0.15, 0.2) is 85.2 Å². The summed E-state index contributed by atoms with van der Waals surface area (Å²) in [6.45, 7) is 9.54. The summed E-state index contributed by atoms with van der Waals surface area (Å²) in [5.41, 5.74) is 3.84. The summed E-state index contributed by atoms with van der Waals surface area (Å²) >= 11 is 0. The van der Waals surface area contributed by atoms with Crippen LogP contribution in [-0.4, -0.2) is 24.7 Å². The Balaban J connectivity index is 1.88. The van der Waals surface area contributed by atoms with Crippen LogP contribution in [0.25, 0.3) is 0 Å². The number of nitrogens with zero attached hydrogens (tertiary/aromatic N) is 2. The van der Waals surface area contributed by atoms with Crippen molar-refractivity contribution in [1.82, 2.24) is 9.88 Å². The van der Waals surface area contributed by atoms with E-state index in [1.807, 2.05) is 18.5 Å². The first-order chi connectivity index (χ1) is 15.2. The number of pyridine rings is 1. The van der Waals surface area contributed by atoms with Gasteiger partial charge in [-0.15, -0.1) is 0 Å². The van der Waals surface area contributed by atoms with Gasteiger partial charge in [0.05, 0.1) is 6.10 Å². The second-order valence-electron chi connectivity index (χ2n) is 8.28. The van der Waals surface area contributed by atoms with E-state index in [0.717, 1.165) is 37.8 Å². The summed E-state index contributed by atoms with van der Waals surface area (Å²) in [5, 5.41) is 0. The highest BCUT2D eigenvalue weighted by molar-refractivity contribution is 6.73. The molecule has 0 amide bonds. The van der Waals surface area contributed by atoms with Crippen LogP contribution in [0.1, 0.15) is 43.6 Å². The topological polar surface area (TPSA) is 25.4 Å². The van der Waals surface area contributed by atoms with E-state index >= 15 is 0 Å². The lowest BCUT2D eigenvalue weighted by molar-refractivity contribution is 0.114. The largest absolute Gasteiger partial charge is 0.409 e. The van der Waals surface area contributed by atoms with E-state index in [0.29, 0.717) is 0 Å². The van der Waals surface area contributed by atoms with Gasteiger partial charge in [-0.2, -0.15) is 0 Å². The highest BCUT2D eigenvalue weighted by Gasteiger charge is 2.33. The molecule has 3 aromatic rings. The predicted octanol–water partition coefficient (Wildman–Crippen LogP) is 6.85. The number of hydrogen-bond acceptors (Lipinski definition) is 3. The fraction of sp³-hybridized carbons (Fsp3) is 0.370. The van der Waals surface area contributed by atoms with Gasteiger partial charge in [-0.25, -0.2) is 0 Å². The molecule has 4 heteroatoms. The third kappa shape index (κ3) is 6.86. The summed E-state index contributed by atoms with van der Waals surface area (Å²) < 4.78 is 7.03. The maximum atomic E-state index is 7.03. The molecule has 0 spiro atoms. The molecule has 0 saturated carbocycles. The summed E-state index contributed by atoms with van der Waals surface area (Å²) in [6, 6.07) is 29.1. The lowest BCUT2D eigenvalue weighted by Crippen LogP contribution is -2.40. The maximum absolute atomic E-state index is 7.03. The van der Waals surface area contributed by atoms with E-state index in [4.69, 9.17) is 4.43 Å². The molecule has 1 aromatic heterocycles. The summed E-state index contributed by atoms with van der Waals surface area (Å²) in [4.78, 5) is 6.92. The predicted molar refractivity (Wildman–Crippen MR) is 132 cm³/mol. The van der Waals surface area contributed by atoms with Crippen LogP contribution in [0.3, 0.4) is 0 Å². The average molecular weight is 433 g/mol. The maximum Gasteiger partial charge on any atom is 0.192 e. The Hall–Kier alpha value is -2.27. The molecular weight excluding hydrogens is 396 g/mol. The third-order valence-corrected chi connectivity index (χ3v) is 11.0. The van der Waals surface area contributed by atoms with Gasteiger partial charge in [0, 0.05) is 32.0 Å². The Kier molecular flexibility index (Phi) is 9.01. The molecule has 3 nitrogen and oxygen atoms in total.